The second kappa shape index (κ2) is 11.1. The molecule has 1 amide bonds. The Labute approximate surface area is 184 Å². The maximum absolute atomic E-state index is 12.9. The molecule has 2 aliphatic rings. The molecule has 3 rings (SSSR count). The van der Waals surface area contributed by atoms with Gasteiger partial charge in [0.25, 0.3) is 5.91 Å². The molecule has 2 aliphatic heterocycles. The van der Waals surface area contributed by atoms with Crippen molar-refractivity contribution in [1.29, 1.82) is 0 Å². The highest BCUT2D eigenvalue weighted by atomic mass is 19.4. The maximum Gasteiger partial charge on any atom is 0.490 e. The number of piperidine rings is 1. The van der Waals surface area contributed by atoms with Gasteiger partial charge in [0.05, 0.1) is 25.5 Å². The van der Waals surface area contributed by atoms with Crippen LogP contribution in [0.3, 0.4) is 0 Å². The minimum Gasteiger partial charge on any atom is -0.475 e. The van der Waals surface area contributed by atoms with Crippen LogP contribution in [-0.4, -0.2) is 97.8 Å². The van der Waals surface area contributed by atoms with Gasteiger partial charge in [0, 0.05) is 31.7 Å². The van der Waals surface area contributed by atoms with Crippen LogP contribution in [0.25, 0.3) is 0 Å². The number of hydrogen-bond donors (Lipinski definition) is 1. The monoisotopic (exact) mass is 465 g/mol. The lowest BCUT2D eigenvalue weighted by molar-refractivity contribution is -0.192. The molecule has 0 radical (unpaired) electrons. The number of aliphatic carboxylic acids is 1. The summed E-state index contributed by atoms with van der Waals surface area (Å²) in [6.07, 6.45) is -0.490. The predicted octanol–water partition coefficient (Wildman–Crippen LogP) is 2.21. The molecule has 182 valence electrons. The summed E-state index contributed by atoms with van der Waals surface area (Å²) in [4.78, 5) is 25.8. The van der Waals surface area contributed by atoms with Crippen LogP contribution in [0.4, 0.5) is 13.2 Å². The lowest BCUT2D eigenvalue weighted by Gasteiger charge is -2.50. The Kier molecular flexibility index (Phi) is 9.05. The number of amides is 1. The Morgan fingerprint density at radius 1 is 1.41 bits per heavy atom. The standard InChI is InChI=1S/C18H29N3O4.C2HF3O2/c1-14-15(11-19-25-14)17(22)21-7-5-16-18(12-21,6-4-9-24-16)13-23-10-8-20(2)3;3-2(4,5)1(6)7/h11,16H,4-10,12-13H2,1-3H3;(H,6,7). The smallest absolute Gasteiger partial charge is 0.475 e. The molecule has 2 atom stereocenters. The number of ether oxygens (including phenoxy) is 2. The molecule has 1 aromatic rings. The average molecular weight is 465 g/mol. The number of likely N-dealkylation sites (N-methyl/N-ethyl adjacent to an activating group) is 1. The SMILES string of the molecule is Cc1oncc1C(=O)N1CCC2OCCCC2(COCCN(C)C)C1.O=C(O)C(F)(F)F. The van der Waals surface area contributed by atoms with E-state index in [1.165, 1.54) is 6.20 Å². The van der Waals surface area contributed by atoms with Crippen LogP contribution in [0.5, 0.6) is 0 Å². The lowest BCUT2D eigenvalue weighted by Crippen LogP contribution is -2.58. The van der Waals surface area contributed by atoms with E-state index in [2.05, 4.69) is 10.1 Å². The van der Waals surface area contributed by atoms with Gasteiger partial charge < -0.3 is 28.9 Å². The number of carbonyl (C=O) groups is 2. The molecule has 2 unspecified atom stereocenters. The van der Waals surface area contributed by atoms with Crippen molar-refractivity contribution in [2.45, 2.75) is 38.5 Å². The zero-order chi connectivity index (χ0) is 23.9. The first-order valence-electron chi connectivity index (χ1n) is 10.3. The topological polar surface area (TPSA) is 105 Å². The number of alkyl halides is 3. The second-order valence-electron chi connectivity index (χ2n) is 8.30. The number of likely N-dealkylation sites (tertiary alicyclic amines) is 1. The fourth-order valence-corrected chi connectivity index (χ4v) is 3.87. The molecule has 1 aromatic heterocycles. The molecule has 0 aromatic carbocycles. The lowest BCUT2D eigenvalue weighted by atomic mass is 9.73. The van der Waals surface area contributed by atoms with Gasteiger partial charge in [-0.3, -0.25) is 4.79 Å². The Morgan fingerprint density at radius 2 is 2.09 bits per heavy atom. The molecule has 2 saturated heterocycles. The number of carboxylic acids is 1. The number of aryl methyl sites for hydroxylation is 1. The maximum atomic E-state index is 12.9. The average Bonchev–Trinajstić information content (AvgIpc) is 3.15. The molecule has 2 fully saturated rings. The van der Waals surface area contributed by atoms with Crippen LogP contribution in [0.2, 0.25) is 0 Å². The first-order chi connectivity index (χ1) is 15.0. The summed E-state index contributed by atoms with van der Waals surface area (Å²) in [5.74, 6) is -2.19. The van der Waals surface area contributed by atoms with Gasteiger partial charge in [-0.25, -0.2) is 4.79 Å². The Bertz CT molecular complexity index is 770. The minimum absolute atomic E-state index is 0.00422. The highest BCUT2D eigenvalue weighted by molar-refractivity contribution is 5.94. The molecule has 12 heteroatoms. The summed E-state index contributed by atoms with van der Waals surface area (Å²) >= 11 is 0. The molecule has 3 heterocycles. The molecule has 1 N–H and O–H groups in total. The third-order valence-corrected chi connectivity index (χ3v) is 5.57. The van der Waals surface area contributed by atoms with Crippen molar-refractivity contribution in [3.05, 3.63) is 17.5 Å². The predicted molar refractivity (Wildman–Crippen MR) is 106 cm³/mol. The summed E-state index contributed by atoms with van der Waals surface area (Å²) in [5.41, 5.74) is 0.447. The highest BCUT2D eigenvalue weighted by Crippen LogP contribution is 2.41. The molecule has 0 bridgehead atoms. The van der Waals surface area contributed by atoms with E-state index < -0.39 is 12.1 Å². The van der Waals surface area contributed by atoms with Crippen LogP contribution >= 0.6 is 0 Å². The van der Waals surface area contributed by atoms with Crippen LogP contribution in [0.15, 0.2) is 10.7 Å². The Hall–Kier alpha value is -2.18. The third-order valence-electron chi connectivity index (χ3n) is 5.57. The Balaban J connectivity index is 0.000000451. The van der Waals surface area contributed by atoms with Gasteiger partial charge in [-0.15, -0.1) is 0 Å². The van der Waals surface area contributed by atoms with Gasteiger partial charge >= 0.3 is 12.1 Å². The molecule has 0 aliphatic carbocycles. The van der Waals surface area contributed by atoms with Gasteiger partial charge in [0.2, 0.25) is 0 Å². The number of carbonyl (C=O) groups excluding carboxylic acids is 1. The molecule has 0 saturated carbocycles. The molecule has 9 nitrogen and oxygen atoms in total. The largest absolute Gasteiger partial charge is 0.490 e. The van der Waals surface area contributed by atoms with Crippen molar-refractivity contribution in [2.24, 2.45) is 5.41 Å². The number of aromatic nitrogens is 1. The number of nitrogens with zero attached hydrogens (tertiary/aromatic N) is 3. The minimum atomic E-state index is -5.08. The van der Waals surface area contributed by atoms with E-state index in [9.17, 15) is 18.0 Å². The summed E-state index contributed by atoms with van der Waals surface area (Å²) in [6.45, 7) is 6.18. The fourth-order valence-electron chi connectivity index (χ4n) is 3.87. The molecular formula is C20H30F3N3O6. The van der Waals surface area contributed by atoms with Gasteiger partial charge in [-0.1, -0.05) is 5.16 Å². The van der Waals surface area contributed by atoms with Crippen molar-refractivity contribution in [3.63, 3.8) is 0 Å². The van der Waals surface area contributed by atoms with Gasteiger partial charge in [0.15, 0.2) is 0 Å². The van der Waals surface area contributed by atoms with Crippen molar-refractivity contribution in [3.8, 4) is 0 Å². The van der Waals surface area contributed by atoms with Crippen molar-refractivity contribution >= 4 is 11.9 Å². The zero-order valence-corrected chi connectivity index (χ0v) is 18.5. The van der Waals surface area contributed by atoms with Crippen LogP contribution in [-0.2, 0) is 14.3 Å². The number of hydrogen-bond acceptors (Lipinski definition) is 7. The summed E-state index contributed by atoms with van der Waals surface area (Å²) in [7, 11) is 4.08. The summed E-state index contributed by atoms with van der Waals surface area (Å²) in [6, 6.07) is 0. The van der Waals surface area contributed by atoms with Crippen molar-refractivity contribution in [1.82, 2.24) is 15.0 Å². The zero-order valence-electron chi connectivity index (χ0n) is 18.5. The van der Waals surface area contributed by atoms with Gasteiger partial charge in [0.1, 0.15) is 11.3 Å². The van der Waals surface area contributed by atoms with E-state index in [1.807, 2.05) is 19.0 Å². The van der Waals surface area contributed by atoms with E-state index in [0.717, 1.165) is 32.4 Å². The summed E-state index contributed by atoms with van der Waals surface area (Å²) in [5, 5.41) is 10.9. The van der Waals surface area contributed by atoms with E-state index in [0.29, 0.717) is 37.6 Å². The van der Waals surface area contributed by atoms with Gasteiger partial charge in [-0.2, -0.15) is 13.2 Å². The Morgan fingerprint density at radius 3 is 2.66 bits per heavy atom. The number of fused-ring (bicyclic) bond motifs is 1. The van der Waals surface area contributed by atoms with E-state index >= 15 is 0 Å². The molecule has 32 heavy (non-hydrogen) atoms. The number of carboxylic acid groups (broad SMARTS) is 1. The van der Waals surface area contributed by atoms with Crippen molar-refractivity contribution in [2.75, 3.05) is 53.6 Å². The van der Waals surface area contributed by atoms with E-state index in [1.54, 1.807) is 6.92 Å². The first-order valence-corrected chi connectivity index (χ1v) is 10.3. The first kappa shape index (κ1) is 26.1. The number of rotatable bonds is 6. The summed E-state index contributed by atoms with van der Waals surface area (Å²) < 4.78 is 48.8. The van der Waals surface area contributed by atoms with Crippen LogP contribution < -0.4 is 0 Å². The van der Waals surface area contributed by atoms with E-state index in [4.69, 9.17) is 23.9 Å². The van der Waals surface area contributed by atoms with Crippen molar-refractivity contribution < 1.29 is 41.9 Å². The normalized spacial score (nSPS) is 23.3. The molecule has 0 spiro atoms. The number of halogens is 3. The third kappa shape index (κ3) is 6.91. The molecular weight excluding hydrogens is 435 g/mol. The second-order valence-corrected chi connectivity index (χ2v) is 8.30. The van der Waals surface area contributed by atoms with Gasteiger partial charge in [-0.05, 0) is 40.3 Å². The quantitative estimate of drug-likeness (QED) is 0.638. The van der Waals surface area contributed by atoms with E-state index in [-0.39, 0.29) is 17.4 Å². The van der Waals surface area contributed by atoms with Crippen LogP contribution in [0, 0.1) is 12.3 Å². The highest BCUT2D eigenvalue weighted by Gasteiger charge is 2.47. The van der Waals surface area contributed by atoms with Crippen LogP contribution in [0.1, 0.15) is 35.4 Å². The fraction of sp³-hybridized carbons (Fsp3) is 0.750.